The number of carboxylic acid groups (broad SMARTS) is 1. The molecule has 0 saturated heterocycles. The summed E-state index contributed by atoms with van der Waals surface area (Å²) in [6.45, 7) is 6.13. The lowest BCUT2D eigenvalue weighted by atomic mass is 9.73. The fourth-order valence-corrected chi connectivity index (χ4v) is 3.49. The first-order valence-corrected chi connectivity index (χ1v) is 7.28. The average Bonchev–Trinajstić information content (AvgIpc) is 2.36. The second-order valence-electron chi connectivity index (χ2n) is 6.39. The van der Waals surface area contributed by atoms with Gasteiger partial charge in [-0.25, -0.2) is 0 Å². The summed E-state index contributed by atoms with van der Waals surface area (Å²) in [5.74, 6) is 0.0802. The fraction of sp³-hybridized carbons (Fsp3) is 0.588. The first-order valence-electron chi connectivity index (χ1n) is 7.28. The zero-order valence-corrected chi connectivity index (χ0v) is 12.9. The standard InChI is InChI=1S/C17H24O3/c1-11-9-14(20-4)16(17(2,3)10-15(18)19)13-8-6-5-7-12(11)13/h9H,5-8,10H2,1-4H3,(H,18,19). The van der Waals surface area contributed by atoms with Gasteiger partial charge in [0.1, 0.15) is 5.75 Å². The summed E-state index contributed by atoms with van der Waals surface area (Å²) in [6, 6.07) is 2.07. The SMILES string of the molecule is COc1cc(C)c2c(c1C(C)(C)CC(=O)O)CCCC2. The van der Waals surface area contributed by atoms with Crippen molar-refractivity contribution in [1.29, 1.82) is 0 Å². The third-order valence-electron chi connectivity index (χ3n) is 4.33. The lowest BCUT2D eigenvalue weighted by Gasteiger charge is -2.32. The second kappa shape index (κ2) is 5.47. The highest BCUT2D eigenvalue weighted by molar-refractivity contribution is 5.70. The number of benzene rings is 1. The molecule has 0 heterocycles. The lowest BCUT2D eigenvalue weighted by Crippen LogP contribution is -2.26. The second-order valence-corrected chi connectivity index (χ2v) is 6.39. The summed E-state index contributed by atoms with van der Waals surface area (Å²) < 4.78 is 5.57. The number of methoxy groups -OCH3 is 1. The van der Waals surface area contributed by atoms with Gasteiger partial charge in [-0.3, -0.25) is 4.79 Å². The molecule has 0 amide bonds. The van der Waals surface area contributed by atoms with Crippen LogP contribution in [0.15, 0.2) is 6.07 Å². The van der Waals surface area contributed by atoms with Gasteiger partial charge in [-0.2, -0.15) is 0 Å². The number of hydrogen-bond acceptors (Lipinski definition) is 2. The van der Waals surface area contributed by atoms with Crippen LogP contribution in [-0.2, 0) is 23.1 Å². The monoisotopic (exact) mass is 276 g/mol. The summed E-state index contributed by atoms with van der Waals surface area (Å²) >= 11 is 0. The number of ether oxygens (including phenoxy) is 1. The molecule has 110 valence electrons. The molecule has 0 aromatic heterocycles. The zero-order valence-electron chi connectivity index (χ0n) is 12.9. The van der Waals surface area contributed by atoms with Crippen molar-refractivity contribution in [2.45, 2.75) is 58.3 Å². The summed E-state index contributed by atoms with van der Waals surface area (Å²) in [5.41, 5.74) is 4.70. The molecule has 1 aromatic carbocycles. The molecule has 3 heteroatoms. The van der Waals surface area contributed by atoms with E-state index in [4.69, 9.17) is 4.74 Å². The first kappa shape index (κ1) is 14.9. The van der Waals surface area contributed by atoms with E-state index in [2.05, 4.69) is 13.0 Å². The summed E-state index contributed by atoms with van der Waals surface area (Å²) in [4.78, 5) is 11.2. The van der Waals surface area contributed by atoms with Gasteiger partial charge in [0.05, 0.1) is 13.5 Å². The van der Waals surface area contributed by atoms with Gasteiger partial charge in [0.2, 0.25) is 0 Å². The van der Waals surface area contributed by atoms with Crippen molar-refractivity contribution in [3.63, 3.8) is 0 Å². The van der Waals surface area contributed by atoms with Crippen LogP contribution >= 0.6 is 0 Å². The Bertz CT molecular complexity index is 530. The molecule has 0 saturated carbocycles. The number of carboxylic acids is 1. The Balaban J connectivity index is 2.63. The molecule has 20 heavy (non-hydrogen) atoms. The molecule has 0 spiro atoms. The van der Waals surface area contributed by atoms with Gasteiger partial charge in [0, 0.05) is 11.0 Å². The Morgan fingerprint density at radius 1 is 1.30 bits per heavy atom. The van der Waals surface area contributed by atoms with Gasteiger partial charge in [-0.15, -0.1) is 0 Å². The zero-order chi connectivity index (χ0) is 14.9. The van der Waals surface area contributed by atoms with Gasteiger partial charge in [0.25, 0.3) is 0 Å². The van der Waals surface area contributed by atoms with Gasteiger partial charge in [-0.05, 0) is 55.4 Å². The predicted molar refractivity (Wildman–Crippen MR) is 79.7 cm³/mol. The Morgan fingerprint density at radius 2 is 1.90 bits per heavy atom. The van der Waals surface area contributed by atoms with Crippen LogP contribution in [0.4, 0.5) is 0 Å². The Morgan fingerprint density at radius 3 is 2.45 bits per heavy atom. The average molecular weight is 276 g/mol. The van der Waals surface area contributed by atoms with Crippen molar-refractivity contribution in [3.8, 4) is 5.75 Å². The number of fused-ring (bicyclic) bond motifs is 1. The number of hydrogen-bond donors (Lipinski definition) is 1. The minimum atomic E-state index is -0.762. The van der Waals surface area contributed by atoms with Crippen LogP contribution in [0.5, 0.6) is 5.75 Å². The van der Waals surface area contributed by atoms with E-state index in [-0.39, 0.29) is 6.42 Å². The third kappa shape index (κ3) is 2.67. The van der Waals surface area contributed by atoms with Crippen LogP contribution in [-0.4, -0.2) is 18.2 Å². The highest BCUT2D eigenvalue weighted by Gasteiger charge is 2.32. The van der Waals surface area contributed by atoms with Gasteiger partial charge < -0.3 is 9.84 Å². The number of aryl methyl sites for hydroxylation is 1. The maximum Gasteiger partial charge on any atom is 0.304 e. The van der Waals surface area contributed by atoms with E-state index < -0.39 is 11.4 Å². The smallest absolute Gasteiger partial charge is 0.304 e. The highest BCUT2D eigenvalue weighted by Crippen LogP contribution is 2.42. The molecule has 1 N–H and O–H groups in total. The maximum atomic E-state index is 11.2. The van der Waals surface area contributed by atoms with E-state index in [0.717, 1.165) is 24.2 Å². The van der Waals surface area contributed by atoms with Crippen molar-refractivity contribution in [2.75, 3.05) is 7.11 Å². The van der Waals surface area contributed by atoms with Crippen LogP contribution in [0.25, 0.3) is 0 Å². The summed E-state index contributed by atoms with van der Waals surface area (Å²) in [6.07, 6.45) is 4.65. The van der Waals surface area contributed by atoms with Crippen molar-refractivity contribution < 1.29 is 14.6 Å². The van der Waals surface area contributed by atoms with E-state index in [0.29, 0.717) is 0 Å². The van der Waals surface area contributed by atoms with E-state index in [9.17, 15) is 9.90 Å². The first-order chi connectivity index (χ1) is 9.36. The van der Waals surface area contributed by atoms with Crippen molar-refractivity contribution in [3.05, 3.63) is 28.3 Å². The van der Waals surface area contributed by atoms with E-state index in [1.54, 1.807) is 7.11 Å². The molecular weight excluding hydrogens is 252 g/mol. The van der Waals surface area contributed by atoms with Gasteiger partial charge >= 0.3 is 5.97 Å². The van der Waals surface area contributed by atoms with Crippen LogP contribution in [0, 0.1) is 6.92 Å². The fourth-order valence-electron chi connectivity index (χ4n) is 3.49. The van der Waals surface area contributed by atoms with Crippen molar-refractivity contribution in [1.82, 2.24) is 0 Å². The van der Waals surface area contributed by atoms with E-state index in [1.165, 1.54) is 29.5 Å². The van der Waals surface area contributed by atoms with E-state index in [1.807, 2.05) is 13.8 Å². The molecule has 0 fully saturated rings. The molecule has 2 rings (SSSR count). The van der Waals surface area contributed by atoms with Crippen LogP contribution in [0.2, 0.25) is 0 Å². The Kier molecular flexibility index (Phi) is 4.07. The predicted octanol–water partition coefficient (Wildman–Crippen LogP) is 3.63. The van der Waals surface area contributed by atoms with Crippen LogP contribution in [0.3, 0.4) is 0 Å². The summed E-state index contributed by atoms with van der Waals surface area (Å²) in [7, 11) is 1.67. The number of rotatable bonds is 4. The Labute approximate surface area is 121 Å². The van der Waals surface area contributed by atoms with Crippen molar-refractivity contribution >= 4 is 5.97 Å². The quantitative estimate of drug-likeness (QED) is 0.913. The number of aliphatic carboxylic acids is 1. The topological polar surface area (TPSA) is 46.5 Å². The maximum absolute atomic E-state index is 11.2. The summed E-state index contributed by atoms with van der Waals surface area (Å²) in [5, 5.41) is 9.19. The molecule has 0 bridgehead atoms. The minimum Gasteiger partial charge on any atom is -0.496 e. The third-order valence-corrected chi connectivity index (χ3v) is 4.33. The molecule has 0 atom stereocenters. The highest BCUT2D eigenvalue weighted by atomic mass is 16.5. The molecule has 1 aromatic rings. The van der Waals surface area contributed by atoms with E-state index >= 15 is 0 Å². The number of carbonyl (C=O) groups is 1. The van der Waals surface area contributed by atoms with Crippen molar-refractivity contribution in [2.24, 2.45) is 0 Å². The molecule has 1 aliphatic carbocycles. The molecular formula is C17H24O3. The lowest BCUT2D eigenvalue weighted by molar-refractivity contribution is -0.138. The molecule has 1 aliphatic rings. The van der Waals surface area contributed by atoms with Crippen LogP contribution < -0.4 is 4.74 Å². The van der Waals surface area contributed by atoms with Gasteiger partial charge in [-0.1, -0.05) is 13.8 Å². The molecule has 0 unspecified atom stereocenters. The molecule has 3 nitrogen and oxygen atoms in total. The molecule has 0 aliphatic heterocycles. The molecule has 0 radical (unpaired) electrons. The Hall–Kier alpha value is -1.51. The normalized spacial score (nSPS) is 14.8. The largest absolute Gasteiger partial charge is 0.496 e. The van der Waals surface area contributed by atoms with Gasteiger partial charge in [0.15, 0.2) is 0 Å². The minimum absolute atomic E-state index is 0.124. The van der Waals surface area contributed by atoms with Crippen LogP contribution in [0.1, 0.15) is 55.4 Å².